The normalized spacial score (nSPS) is 12.3. The summed E-state index contributed by atoms with van der Waals surface area (Å²) in [5, 5.41) is 5.45. The van der Waals surface area contributed by atoms with Crippen molar-refractivity contribution in [2.45, 2.75) is 71.1 Å². The van der Waals surface area contributed by atoms with Crippen molar-refractivity contribution in [2.75, 3.05) is 19.0 Å². The molecule has 0 fully saturated rings. The number of terminal acetylenes is 1. The minimum Gasteiger partial charge on any atom is -0.497 e. The summed E-state index contributed by atoms with van der Waals surface area (Å²) in [6.45, 7) is 7.20. The zero-order chi connectivity index (χ0) is 30.6. The Kier molecular flexibility index (Phi) is 12.2. The number of hydrogen-bond donors (Lipinski definition) is 3. The number of alkyl carbamates (subject to hydrolysis) is 1. The average Bonchev–Trinajstić information content (AvgIpc) is 2.92. The van der Waals surface area contributed by atoms with E-state index in [2.05, 4.69) is 16.6 Å². The molecule has 41 heavy (non-hydrogen) atoms. The van der Waals surface area contributed by atoms with Crippen molar-refractivity contribution in [3.63, 3.8) is 0 Å². The molecular formula is C31H40N4O6. The molecule has 0 saturated heterocycles. The van der Waals surface area contributed by atoms with Crippen molar-refractivity contribution in [1.82, 2.24) is 10.2 Å². The van der Waals surface area contributed by atoms with E-state index < -0.39 is 41.5 Å². The van der Waals surface area contributed by atoms with E-state index in [-0.39, 0.29) is 19.4 Å². The predicted molar refractivity (Wildman–Crippen MR) is 157 cm³/mol. The molecule has 4 amide bonds. The summed E-state index contributed by atoms with van der Waals surface area (Å²) >= 11 is 0. The first-order valence-corrected chi connectivity index (χ1v) is 13.5. The first-order valence-electron chi connectivity index (χ1n) is 13.5. The number of unbranched alkanes of at least 4 members (excludes halogenated alkanes) is 1. The van der Waals surface area contributed by atoms with Gasteiger partial charge in [-0.1, -0.05) is 37.5 Å². The van der Waals surface area contributed by atoms with Crippen LogP contribution >= 0.6 is 0 Å². The SMILES string of the molecule is C#Cc1ccccc1C(C(=O)Nc1ccc(OC)cc1)N(CCCC)C(=O)C(CCC(N)=O)NC(=O)OC(C)(C)C. The molecule has 0 aliphatic heterocycles. The average molecular weight is 565 g/mol. The number of primary amides is 1. The van der Waals surface area contributed by atoms with Gasteiger partial charge in [0.05, 0.1) is 7.11 Å². The third-order valence-corrected chi connectivity index (χ3v) is 6.03. The second-order valence-corrected chi connectivity index (χ2v) is 10.4. The van der Waals surface area contributed by atoms with E-state index in [1.807, 2.05) is 6.92 Å². The van der Waals surface area contributed by atoms with Gasteiger partial charge >= 0.3 is 6.09 Å². The van der Waals surface area contributed by atoms with Gasteiger partial charge in [-0.15, -0.1) is 6.42 Å². The monoisotopic (exact) mass is 564 g/mol. The van der Waals surface area contributed by atoms with Crippen LogP contribution in [0.1, 0.15) is 70.5 Å². The van der Waals surface area contributed by atoms with Gasteiger partial charge in [-0.3, -0.25) is 14.4 Å². The highest BCUT2D eigenvalue weighted by molar-refractivity contribution is 5.99. The van der Waals surface area contributed by atoms with Crippen molar-refractivity contribution >= 4 is 29.5 Å². The molecule has 10 heteroatoms. The van der Waals surface area contributed by atoms with Crippen LogP contribution in [0.2, 0.25) is 0 Å². The smallest absolute Gasteiger partial charge is 0.408 e. The van der Waals surface area contributed by atoms with Crippen LogP contribution in [0, 0.1) is 12.3 Å². The molecule has 0 heterocycles. The van der Waals surface area contributed by atoms with Gasteiger partial charge in [0.15, 0.2) is 0 Å². The lowest BCUT2D eigenvalue weighted by atomic mass is 9.96. The first kappa shape index (κ1) is 32.7. The van der Waals surface area contributed by atoms with Crippen molar-refractivity contribution in [2.24, 2.45) is 5.73 Å². The van der Waals surface area contributed by atoms with E-state index in [1.165, 1.54) is 12.0 Å². The minimum atomic E-state index is -1.19. The summed E-state index contributed by atoms with van der Waals surface area (Å²) in [5.74, 6) is 1.49. The van der Waals surface area contributed by atoms with Crippen molar-refractivity contribution in [3.8, 4) is 18.1 Å². The standard InChI is InChI=1S/C31H40N4O6/c1-7-9-20-35(29(38)25(18-19-26(32)36)34-30(39)41-31(3,4)5)27(24-13-11-10-12-21(24)8-2)28(37)33-22-14-16-23(40-6)17-15-22/h2,10-17,25,27H,7,9,18-20H2,1,3-6H3,(H2,32,36)(H,33,37)(H,34,39). The number of ether oxygens (including phenoxy) is 2. The molecule has 2 atom stereocenters. The molecule has 2 rings (SSSR count). The highest BCUT2D eigenvalue weighted by Gasteiger charge is 2.37. The number of anilines is 1. The Hall–Kier alpha value is -4.52. The minimum absolute atomic E-state index is 0.0837. The van der Waals surface area contributed by atoms with Crippen molar-refractivity contribution in [3.05, 3.63) is 59.7 Å². The number of amides is 4. The topological polar surface area (TPSA) is 140 Å². The number of carbonyl (C=O) groups excluding carboxylic acids is 4. The Balaban J connectivity index is 2.58. The summed E-state index contributed by atoms with van der Waals surface area (Å²) in [7, 11) is 1.54. The van der Waals surface area contributed by atoms with E-state index >= 15 is 0 Å². The zero-order valence-electron chi connectivity index (χ0n) is 24.4. The number of hydrogen-bond acceptors (Lipinski definition) is 6. The third-order valence-electron chi connectivity index (χ3n) is 6.03. The van der Waals surface area contributed by atoms with Crippen molar-refractivity contribution in [1.29, 1.82) is 0 Å². The number of nitrogens with one attached hydrogen (secondary N) is 2. The highest BCUT2D eigenvalue weighted by Crippen LogP contribution is 2.28. The molecule has 0 aromatic heterocycles. The summed E-state index contributed by atoms with van der Waals surface area (Å²) in [6.07, 6.45) is 5.99. The number of methoxy groups -OCH3 is 1. The van der Waals surface area contributed by atoms with Crippen molar-refractivity contribution < 1.29 is 28.7 Å². The van der Waals surface area contributed by atoms with Gasteiger partial charge in [0.2, 0.25) is 11.8 Å². The molecule has 0 saturated carbocycles. The molecule has 0 bridgehead atoms. The lowest BCUT2D eigenvalue weighted by Crippen LogP contribution is -2.53. The first-order chi connectivity index (χ1) is 19.4. The Morgan fingerprint density at radius 3 is 2.29 bits per heavy atom. The summed E-state index contributed by atoms with van der Waals surface area (Å²) in [4.78, 5) is 53.8. The molecule has 0 radical (unpaired) electrons. The van der Waals surface area contributed by atoms with E-state index in [1.54, 1.807) is 69.3 Å². The third kappa shape index (κ3) is 10.2. The van der Waals surface area contributed by atoms with Crippen LogP contribution < -0.4 is 21.1 Å². The molecule has 0 aliphatic carbocycles. The second-order valence-electron chi connectivity index (χ2n) is 10.4. The lowest BCUT2D eigenvalue weighted by molar-refractivity contribution is -0.141. The maximum Gasteiger partial charge on any atom is 0.408 e. The van der Waals surface area contributed by atoms with Crippen LogP contribution in [-0.4, -0.2) is 54.0 Å². The van der Waals surface area contributed by atoms with Crippen LogP contribution in [-0.2, 0) is 19.1 Å². The van der Waals surface area contributed by atoms with E-state index in [4.69, 9.17) is 21.6 Å². The number of nitrogens with two attached hydrogens (primary N) is 1. The molecule has 10 nitrogen and oxygen atoms in total. The van der Waals surface area contributed by atoms with Gasteiger partial charge in [-0.05, 0) is 69.5 Å². The fourth-order valence-electron chi connectivity index (χ4n) is 4.09. The number of nitrogens with zero attached hydrogens (tertiary/aromatic N) is 1. The van der Waals surface area contributed by atoms with Crippen LogP contribution in [0.4, 0.5) is 10.5 Å². The predicted octanol–water partition coefficient (Wildman–Crippen LogP) is 4.14. The van der Waals surface area contributed by atoms with Gasteiger partial charge < -0.3 is 30.7 Å². The molecule has 220 valence electrons. The van der Waals surface area contributed by atoms with Gasteiger partial charge in [-0.2, -0.15) is 0 Å². The zero-order valence-corrected chi connectivity index (χ0v) is 24.4. The number of rotatable bonds is 13. The van der Waals surface area contributed by atoms with E-state index in [9.17, 15) is 19.2 Å². The molecule has 4 N–H and O–H groups in total. The second kappa shape index (κ2) is 15.3. The van der Waals surface area contributed by atoms with E-state index in [0.29, 0.717) is 29.0 Å². The summed E-state index contributed by atoms with van der Waals surface area (Å²) in [6, 6.07) is 11.3. The fraction of sp³-hybridized carbons (Fsp3) is 0.419. The largest absolute Gasteiger partial charge is 0.497 e. The summed E-state index contributed by atoms with van der Waals surface area (Å²) < 4.78 is 10.6. The van der Waals surface area contributed by atoms with Crippen LogP contribution in [0.15, 0.2) is 48.5 Å². The molecule has 2 unspecified atom stereocenters. The molecule has 2 aromatic carbocycles. The fourth-order valence-corrected chi connectivity index (χ4v) is 4.09. The molecule has 2 aromatic rings. The van der Waals surface area contributed by atoms with Gasteiger partial charge in [-0.25, -0.2) is 4.79 Å². The number of carbonyl (C=O) groups is 4. The van der Waals surface area contributed by atoms with Crippen LogP contribution in [0.25, 0.3) is 0 Å². The molecular weight excluding hydrogens is 524 g/mol. The maximum absolute atomic E-state index is 14.2. The van der Waals surface area contributed by atoms with Gasteiger partial charge in [0.25, 0.3) is 5.91 Å². The van der Waals surface area contributed by atoms with Gasteiger partial charge in [0, 0.05) is 24.2 Å². The summed E-state index contributed by atoms with van der Waals surface area (Å²) in [5.41, 5.74) is 5.91. The van der Waals surface area contributed by atoms with Crippen LogP contribution in [0.3, 0.4) is 0 Å². The maximum atomic E-state index is 14.2. The molecule has 0 aliphatic rings. The Morgan fingerprint density at radius 2 is 1.73 bits per heavy atom. The highest BCUT2D eigenvalue weighted by atomic mass is 16.6. The number of benzene rings is 2. The quantitative estimate of drug-likeness (QED) is 0.312. The lowest BCUT2D eigenvalue weighted by Gasteiger charge is -2.35. The van der Waals surface area contributed by atoms with E-state index in [0.717, 1.165) is 6.42 Å². The molecule has 0 spiro atoms. The Bertz CT molecular complexity index is 1250. The Morgan fingerprint density at radius 1 is 1.07 bits per heavy atom. The Labute approximate surface area is 241 Å². The van der Waals surface area contributed by atoms with Gasteiger partial charge in [0.1, 0.15) is 23.4 Å². The van der Waals surface area contributed by atoms with Crippen LogP contribution in [0.5, 0.6) is 5.75 Å².